The molecular formula is C13H27FN2. The van der Waals surface area contributed by atoms with Gasteiger partial charge in [-0.2, -0.15) is 0 Å². The maximum Gasteiger partial charge on any atom is 0.155 e. The number of hydrogen-bond donors (Lipinski definition) is 0. The van der Waals surface area contributed by atoms with Gasteiger partial charge in [-0.3, -0.25) is 9.80 Å². The summed E-state index contributed by atoms with van der Waals surface area (Å²) in [4.78, 5) is 4.30. The zero-order chi connectivity index (χ0) is 12.7. The summed E-state index contributed by atoms with van der Waals surface area (Å²) >= 11 is 0. The van der Waals surface area contributed by atoms with Gasteiger partial charge in [0.15, 0.2) is 6.30 Å². The number of nitrogens with zero attached hydrogens (tertiary/aromatic N) is 2. The Labute approximate surface area is 99.8 Å². The third-order valence-corrected chi connectivity index (χ3v) is 3.37. The molecule has 0 spiro atoms. The van der Waals surface area contributed by atoms with Gasteiger partial charge in [-0.1, -0.05) is 20.8 Å². The molecule has 3 heteroatoms. The van der Waals surface area contributed by atoms with Crippen LogP contribution in [0.2, 0.25) is 0 Å². The Hall–Kier alpha value is -0.150. The molecule has 1 fully saturated rings. The van der Waals surface area contributed by atoms with Crippen LogP contribution in [-0.2, 0) is 0 Å². The second kappa shape index (κ2) is 4.26. The molecular weight excluding hydrogens is 203 g/mol. The summed E-state index contributed by atoms with van der Waals surface area (Å²) in [6.45, 7) is 14.0. The topological polar surface area (TPSA) is 6.48 Å². The highest BCUT2D eigenvalue weighted by Gasteiger charge is 2.44. The van der Waals surface area contributed by atoms with Gasteiger partial charge >= 0.3 is 0 Å². The minimum atomic E-state index is -0.803. The Kier molecular flexibility index (Phi) is 3.71. The van der Waals surface area contributed by atoms with Crippen molar-refractivity contribution < 1.29 is 4.39 Å². The van der Waals surface area contributed by atoms with Gasteiger partial charge in [-0.05, 0) is 33.2 Å². The summed E-state index contributed by atoms with van der Waals surface area (Å²) in [5, 5.41) is 0. The van der Waals surface area contributed by atoms with Crippen molar-refractivity contribution >= 4 is 0 Å². The summed E-state index contributed by atoms with van der Waals surface area (Å²) < 4.78 is 13.8. The molecule has 0 N–H and O–H groups in total. The van der Waals surface area contributed by atoms with E-state index in [1.807, 2.05) is 11.9 Å². The molecule has 2 unspecified atom stereocenters. The van der Waals surface area contributed by atoms with Gasteiger partial charge in [0.05, 0.1) is 6.17 Å². The molecule has 0 aromatic carbocycles. The maximum absolute atomic E-state index is 13.8. The molecule has 1 aliphatic heterocycles. The Morgan fingerprint density at radius 3 is 1.94 bits per heavy atom. The van der Waals surface area contributed by atoms with Gasteiger partial charge in [0.2, 0.25) is 0 Å². The van der Waals surface area contributed by atoms with Gasteiger partial charge < -0.3 is 0 Å². The summed E-state index contributed by atoms with van der Waals surface area (Å²) in [6, 6.07) is 0. The molecule has 0 saturated carbocycles. The van der Waals surface area contributed by atoms with Crippen LogP contribution in [0, 0.1) is 5.41 Å². The van der Waals surface area contributed by atoms with E-state index in [9.17, 15) is 4.39 Å². The molecule has 2 atom stereocenters. The van der Waals surface area contributed by atoms with Crippen molar-refractivity contribution in [2.24, 2.45) is 5.41 Å². The Morgan fingerprint density at radius 1 is 1.06 bits per heavy atom. The van der Waals surface area contributed by atoms with E-state index in [2.05, 4.69) is 46.4 Å². The summed E-state index contributed by atoms with van der Waals surface area (Å²) in [5.41, 5.74) is 0.152. The van der Waals surface area contributed by atoms with E-state index in [-0.39, 0.29) is 17.1 Å². The standard InChI is InChI=1S/C13H27FN2/c1-12(2,3)11-15(7)10(14)8-9-16(11)13(4,5)6/h10-11H,8-9H2,1-7H3. The lowest BCUT2D eigenvalue weighted by molar-refractivity contribution is -0.140. The molecule has 0 aromatic rings. The minimum absolute atomic E-state index is 0.0623. The highest BCUT2D eigenvalue weighted by Crippen LogP contribution is 2.36. The number of rotatable bonds is 0. The van der Waals surface area contributed by atoms with E-state index >= 15 is 0 Å². The average Bonchev–Trinajstić information content (AvgIpc) is 2.05. The van der Waals surface area contributed by atoms with Crippen LogP contribution in [0.5, 0.6) is 0 Å². The lowest BCUT2D eigenvalue weighted by atomic mass is 9.86. The fourth-order valence-electron chi connectivity index (χ4n) is 2.73. The van der Waals surface area contributed by atoms with Crippen molar-refractivity contribution in [3.05, 3.63) is 0 Å². The molecule has 1 rings (SSSR count). The largest absolute Gasteiger partial charge is 0.282 e. The van der Waals surface area contributed by atoms with Crippen LogP contribution >= 0.6 is 0 Å². The third kappa shape index (κ3) is 2.75. The first-order valence-corrected chi connectivity index (χ1v) is 6.18. The summed E-state index contributed by atoms with van der Waals surface area (Å²) in [5.74, 6) is 0. The predicted molar refractivity (Wildman–Crippen MR) is 67.0 cm³/mol. The molecule has 0 aliphatic carbocycles. The number of halogens is 1. The Balaban J connectivity index is 3.00. The number of hydrogen-bond acceptors (Lipinski definition) is 2. The lowest BCUT2D eigenvalue weighted by Gasteiger charge is -2.54. The maximum atomic E-state index is 13.8. The zero-order valence-corrected chi connectivity index (χ0v) is 11.8. The fourth-order valence-corrected chi connectivity index (χ4v) is 2.73. The first-order valence-electron chi connectivity index (χ1n) is 6.18. The van der Waals surface area contributed by atoms with Crippen molar-refractivity contribution in [2.45, 2.75) is 66.0 Å². The van der Waals surface area contributed by atoms with Crippen molar-refractivity contribution in [2.75, 3.05) is 13.6 Å². The summed E-state index contributed by atoms with van der Waals surface area (Å²) in [7, 11) is 1.90. The highest BCUT2D eigenvalue weighted by atomic mass is 19.1. The SMILES string of the molecule is CN1C(F)CCN(C(C)(C)C)C1C(C)(C)C. The van der Waals surface area contributed by atoms with E-state index in [0.29, 0.717) is 6.42 Å². The van der Waals surface area contributed by atoms with Crippen molar-refractivity contribution in [1.82, 2.24) is 9.80 Å². The van der Waals surface area contributed by atoms with Crippen LogP contribution in [0.1, 0.15) is 48.0 Å². The lowest BCUT2D eigenvalue weighted by Crippen LogP contribution is -2.65. The minimum Gasteiger partial charge on any atom is -0.282 e. The molecule has 96 valence electrons. The molecule has 0 aromatic heterocycles. The van der Waals surface area contributed by atoms with E-state index in [0.717, 1.165) is 6.54 Å². The first kappa shape index (κ1) is 13.9. The van der Waals surface area contributed by atoms with Crippen molar-refractivity contribution in [3.63, 3.8) is 0 Å². The van der Waals surface area contributed by atoms with Crippen LogP contribution in [0.25, 0.3) is 0 Å². The molecule has 0 bridgehead atoms. The fraction of sp³-hybridized carbons (Fsp3) is 1.00. The van der Waals surface area contributed by atoms with Crippen LogP contribution in [0.3, 0.4) is 0 Å². The highest BCUT2D eigenvalue weighted by molar-refractivity contribution is 4.93. The zero-order valence-electron chi connectivity index (χ0n) is 11.8. The normalized spacial score (nSPS) is 30.8. The van der Waals surface area contributed by atoms with Crippen LogP contribution < -0.4 is 0 Å². The molecule has 1 aliphatic rings. The average molecular weight is 230 g/mol. The van der Waals surface area contributed by atoms with Gasteiger partial charge in [-0.25, -0.2) is 4.39 Å². The van der Waals surface area contributed by atoms with Crippen molar-refractivity contribution in [3.8, 4) is 0 Å². The quantitative estimate of drug-likeness (QED) is 0.590. The van der Waals surface area contributed by atoms with E-state index in [1.54, 1.807) is 0 Å². The van der Waals surface area contributed by atoms with Gasteiger partial charge in [0, 0.05) is 18.5 Å². The molecule has 0 radical (unpaired) electrons. The van der Waals surface area contributed by atoms with Crippen LogP contribution in [0.15, 0.2) is 0 Å². The summed E-state index contributed by atoms with van der Waals surface area (Å²) in [6.07, 6.45) is -0.0283. The molecule has 1 saturated heterocycles. The van der Waals surface area contributed by atoms with Crippen LogP contribution in [0.4, 0.5) is 4.39 Å². The smallest absolute Gasteiger partial charge is 0.155 e. The van der Waals surface area contributed by atoms with E-state index in [1.165, 1.54) is 0 Å². The molecule has 0 amide bonds. The van der Waals surface area contributed by atoms with E-state index in [4.69, 9.17) is 0 Å². The van der Waals surface area contributed by atoms with Crippen molar-refractivity contribution in [1.29, 1.82) is 0 Å². The predicted octanol–water partition coefficient (Wildman–Crippen LogP) is 3.09. The first-order chi connectivity index (χ1) is 7.05. The second-order valence-corrected chi connectivity index (χ2v) is 6.99. The second-order valence-electron chi connectivity index (χ2n) is 6.99. The molecule has 2 nitrogen and oxygen atoms in total. The van der Waals surface area contributed by atoms with Crippen LogP contribution in [-0.4, -0.2) is 41.4 Å². The molecule has 16 heavy (non-hydrogen) atoms. The number of alkyl halides is 1. The molecule has 1 heterocycles. The van der Waals surface area contributed by atoms with Gasteiger partial charge in [0.1, 0.15) is 0 Å². The Morgan fingerprint density at radius 2 is 1.56 bits per heavy atom. The monoisotopic (exact) mass is 230 g/mol. The van der Waals surface area contributed by atoms with E-state index < -0.39 is 6.30 Å². The van der Waals surface area contributed by atoms with Gasteiger partial charge in [0.25, 0.3) is 0 Å². The Bertz CT molecular complexity index is 239. The van der Waals surface area contributed by atoms with Gasteiger partial charge in [-0.15, -0.1) is 0 Å². The third-order valence-electron chi connectivity index (χ3n) is 3.37.